The molecule has 0 radical (unpaired) electrons. The summed E-state index contributed by atoms with van der Waals surface area (Å²) >= 11 is 0. The molecule has 0 spiro atoms. The number of carbonyl (C=O) groups excluding carboxylic acids is 2. The lowest BCUT2D eigenvalue weighted by atomic mass is 10.2. The molecule has 1 aliphatic heterocycles. The average molecular weight is 292 g/mol. The Kier molecular flexibility index (Phi) is 5.30. The predicted molar refractivity (Wildman–Crippen MR) is 78.0 cm³/mol. The van der Waals surface area contributed by atoms with Gasteiger partial charge in [-0.25, -0.2) is 4.79 Å². The lowest BCUT2D eigenvalue weighted by Crippen LogP contribution is -2.48. The van der Waals surface area contributed by atoms with Crippen LogP contribution >= 0.6 is 0 Å². The molecule has 1 saturated heterocycles. The van der Waals surface area contributed by atoms with Crippen molar-refractivity contribution in [3.63, 3.8) is 0 Å². The first-order valence-corrected chi connectivity index (χ1v) is 6.87. The van der Waals surface area contributed by atoms with E-state index >= 15 is 0 Å². The first-order chi connectivity index (χ1) is 10.1. The molecule has 0 aromatic heterocycles. The molecule has 1 aromatic rings. The molecule has 1 aromatic carbocycles. The summed E-state index contributed by atoms with van der Waals surface area (Å²) in [5, 5.41) is 2.88. The highest BCUT2D eigenvalue weighted by Gasteiger charge is 2.28. The molecule has 1 N–H and O–H groups in total. The van der Waals surface area contributed by atoms with Crippen molar-refractivity contribution >= 4 is 17.6 Å². The van der Waals surface area contributed by atoms with Crippen LogP contribution in [0.15, 0.2) is 24.3 Å². The molecule has 0 saturated carbocycles. The van der Waals surface area contributed by atoms with Gasteiger partial charge in [-0.2, -0.15) is 0 Å². The number of rotatable bonds is 4. The second-order valence-corrected chi connectivity index (χ2v) is 4.98. The van der Waals surface area contributed by atoms with Crippen molar-refractivity contribution in [1.29, 1.82) is 0 Å². The zero-order valence-corrected chi connectivity index (χ0v) is 12.3. The molecule has 114 valence electrons. The van der Waals surface area contributed by atoms with Crippen LogP contribution in [0, 0.1) is 6.92 Å². The van der Waals surface area contributed by atoms with Crippen LogP contribution in [0.4, 0.5) is 5.69 Å². The van der Waals surface area contributed by atoms with E-state index < -0.39 is 12.1 Å². The lowest BCUT2D eigenvalue weighted by Gasteiger charge is -2.30. The fourth-order valence-corrected chi connectivity index (χ4v) is 2.23. The van der Waals surface area contributed by atoms with Crippen LogP contribution in [0.3, 0.4) is 0 Å². The van der Waals surface area contributed by atoms with Crippen LogP contribution < -0.4 is 5.32 Å². The number of benzene rings is 1. The minimum atomic E-state index is -0.616. The summed E-state index contributed by atoms with van der Waals surface area (Å²) in [6, 6.07) is 7.61. The Labute approximate surface area is 124 Å². The summed E-state index contributed by atoms with van der Waals surface area (Å²) in [4.78, 5) is 25.4. The number of nitrogens with one attached hydrogen (secondary N) is 1. The van der Waals surface area contributed by atoms with Crippen LogP contribution in [-0.4, -0.2) is 56.2 Å². The molecule has 2 rings (SSSR count). The van der Waals surface area contributed by atoms with Crippen molar-refractivity contribution < 1.29 is 19.1 Å². The topological polar surface area (TPSA) is 67.9 Å². The number of amides is 1. The Hall–Kier alpha value is -1.92. The maximum atomic E-state index is 12.1. The number of esters is 1. The first-order valence-electron chi connectivity index (χ1n) is 6.87. The molecule has 6 heteroatoms. The number of anilines is 1. The second-order valence-electron chi connectivity index (χ2n) is 4.98. The Balaban J connectivity index is 1.88. The number of morpholine rings is 1. The Morgan fingerprint density at radius 3 is 2.90 bits per heavy atom. The zero-order chi connectivity index (χ0) is 15.2. The van der Waals surface area contributed by atoms with Gasteiger partial charge in [0, 0.05) is 18.8 Å². The number of hydrogen-bond donors (Lipinski definition) is 1. The van der Waals surface area contributed by atoms with Gasteiger partial charge >= 0.3 is 5.97 Å². The van der Waals surface area contributed by atoms with Gasteiger partial charge in [0.05, 0.1) is 20.3 Å². The predicted octanol–water partition coefficient (Wildman–Crippen LogP) is 0.807. The molecule has 6 nitrogen and oxygen atoms in total. The fraction of sp³-hybridized carbons (Fsp3) is 0.467. The maximum absolute atomic E-state index is 12.1. The third-order valence-corrected chi connectivity index (χ3v) is 3.40. The summed E-state index contributed by atoms with van der Waals surface area (Å²) in [5.74, 6) is -0.506. The fourth-order valence-electron chi connectivity index (χ4n) is 2.23. The van der Waals surface area contributed by atoms with Crippen molar-refractivity contribution in [3.8, 4) is 0 Å². The minimum absolute atomic E-state index is 0.102. The van der Waals surface area contributed by atoms with Gasteiger partial charge in [0.25, 0.3) is 0 Å². The SMILES string of the molecule is COC(=O)C1CN(CC(=O)Nc2ccccc2C)CCO1. The van der Waals surface area contributed by atoms with Gasteiger partial charge in [-0.1, -0.05) is 18.2 Å². The lowest BCUT2D eigenvalue weighted by molar-refractivity contribution is -0.160. The Bertz CT molecular complexity index is 518. The van der Waals surface area contributed by atoms with Crippen molar-refractivity contribution in [2.24, 2.45) is 0 Å². The van der Waals surface area contributed by atoms with Crippen LogP contribution in [0.25, 0.3) is 0 Å². The summed E-state index contributed by atoms with van der Waals surface area (Å²) in [5.41, 5.74) is 1.82. The van der Waals surface area contributed by atoms with E-state index in [1.807, 2.05) is 36.1 Å². The number of aryl methyl sites for hydroxylation is 1. The number of nitrogens with zero attached hydrogens (tertiary/aromatic N) is 1. The third-order valence-electron chi connectivity index (χ3n) is 3.40. The van der Waals surface area contributed by atoms with E-state index in [2.05, 4.69) is 10.1 Å². The zero-order valence-electron chi connectivity index (χ0n) is 12.3. The van der Waals surface area contributed by atoms with Crippen molar-refractivity contribution in [2.45, 2.75) is 13.0 Å². The molecule has 0 aliphatic carbocycles. The van der Waals surface area contributed by atoms with E-state index in [9.17, 15) is 9.59 Å². The molecule has 1 unspecified atom stereocenters. The average Bonchev–Trinajstić information content (AvgIpc) is 2.49. The van der Waals surface area contributed by atoms with E-state index in [0.717, 1.165) is 11.3 Å². The van der Waals surface area contributed by atoms with Crippen LogP contribution in [-0.2, 0) is 19.1 Å². The van der Waals surface area contributed by atoms with Gasteiger partial charge < -0.3 is 14.8 Å². The monoisotopic (exact) mass is 292 g/mol. The highest BCUT2D eigenvalue weighted by molar-refractivity contribution is 5.93. The van der Waals surface area contributed by atoms with Crippen molar-refractivity contribution in [3.05, 3.63) is 29.8 Å². The quantitative estimate of drug-likeness (QED) is 0.832. The summed E-state index contributed by atoms with van der Waals surface area (Å²) in [7, 11) is 1.33. The van der Waals surface area contributed by atoms with Crippen LogP contribution in [0.5, 0.6) is 0 Å². The van der Waals surface area contributed by atoms with Crippen LogP contribution in [0.1, 0.15) is 5.56 Å². The van der Waals surface area contributed by atoms with Gasteiger partial charge in [-0.15, -0.1) is 0 Å². The Morgan fingerprint density at radius 2 is 2.19 bits per heavy atom. The molecular weight excluding hydrogens is 272 g/mol. The smallest absolute Gasteiger partial charge is 0.336 e. The minimum Gasteiger partial charge on any atom is -0.467 e. The molecule has 1 heterocycles. The number of hydrogen-bond acceptors (Lipinski definition) is 5. The number of para-hydroxylation sites is 1. The van der Waals surface area contributed by atoms with Crippen molar-refractivity contribution in [2.75, 3.05) is 38.7 Å². The molecule has 1 amide bonds. The molecule has 21 heavy (non-hydrogen) atoms. The highest BCUT2D eigenvalue weighted by atomic mass is 16.6. The van der Waals surface area contributed by atoms with E-state index in [1.165, 1.54) is 7.11 Å². The van der Waals surface area contributed by atoms with Gasteiger partial charge in [0.15, 0.2) is 6.10 Å². The summed E-state index contributed by atoms with van der Waals surface area (Å²) in [6.45, 7) is 3.57. The van der Waals surface area contributed by atoms with Crippen LogP contribution in [0.2, 0.25) is 0 Å². The highest BCUT2D eigenvalue weighted by Crippen LogP contribution is 2.13. The van der Waals surface area contributed by atoms with E-state index in [0.29, 0.717) is 19.7 Å². The summed E-state index contributed by atoms with van der Waals surface area (Å²) in [6.07, 6.45) is -0.616. The van der Waals surface area contributed by atoms with Crippen molar-refractivity contribution in [1.82, 2.24) is 4.90 Å². The maximum Gasteiger partial charge on any atom is 0.336 e. The Morgan fingerprint density at radius 1 is 1.43 bits per heavy atom. The second kappa shape index (κ2) is 7.19. The summed E-state index contributed by atoms with van der Waals surface area (Å²) < 4.78 is 10.00. The third kappa shape index (κ3) is 4.27. The van der Waals surface area contributed by atoms with Gasteiger partial charge in [-0.3, -0.25) is 9.69 Å². The molecule has 1 fully saturated rings. The molecular formula is C15H20N2O4. The number of carbonyl (C=O) groups is 2. The molecule has 1 atom stereocenters. The molecule has 1 aliphatic rings. The van der Waals surface area contributed by atoms with E-state index in [1.54, 1.807) is 0 Å². The largest absolute Gasteiger partial charge is 0.467 e. The number of ether oxygens (including phenoxy) is 2. The first kappa shape index (κ1) is 15.5. The van der Waals surface area contributed by atoms with E-state index in [4.69, 9.17) is 4.74 Å². The van der Waals surface area contributed by atoms with Gasteiger partial charge in [-0.05, 0) is 18.6 Å². The normalized spacial score (nSPS) is 19.0. The van der Waals surface area contributed by atoms with Gasteiger partial charge in [0.1, 0.15) is 0 Å². The molecule has 0 bridgehead atoms. The standard InChI is InChI=1S/C15H20N2O4/c1-11-5-3-4-6-12(11)16-14(18)10-17-7-8-21-13(9-17)15(19)20-2/h3-6,13H,7-10H2,1-2H3,(H,16,18). The number of methoxy groups -OCH3 is 1. The van der Waals surface area contributed by atoms with E-state index in [-0.39, 0.29) is 12.5 Å². The van der Waals surface area contributed by atoms with Gasteiger partial charge in [0.2, 0.25) is 5.91 Å².